The van der Waals surface area contributed by atoms with Gasteiger partial charge in [-0.2, -0.15) is 0 Å². The first-order valence-electron chi connectivity index (χ1n) is 18.2. The van der Waals surface area contributed by atoms with Gasteiger partial charge >= 0.3 is 0 Å². The minimum Gasteiger partial charge on any atom is -0.501 e. The van der Waals surface area contributed by atoms with Crippen molar-refractivity contribution in [2.24, 2.45) is 0 Å². The molecule has 1 radical (unpaired) electrons. The van der Waals surface area contributed by atoms with Gasteiger partial charge in [0.15, 0.2) is 0 Å². The number of aryl methyl sites for hydroxylation is 2. The normalized spacial score (nSPS) is 11.7. The average molecular weight is 875 g/mol. The summed E-state index contributed by atoms with van der Waals surface area (Å²) in [6.45, 7) is 19.7. The maximum atomic E-state index is 6.46. The van der Waals surface area contributed by atoms with E-state index in [-0.39, 0.29) is 25.5 Å². The van der Waals surface area contributed by atoms with Gasteiger partial charge in [0.25, 0.3) is 0 Å². The van der Waals surface area contributed by atoms with Crippen molar-refractivity contribution >= 4 is 33.0 Å². The fourth-order valence-corrected chi connectivity index (χ4v) is 6.70. The molecular weight excluding hydrogens is 829 g/mol. The summed E-state index contributed by atoms with van der Waals surface area (Å²) in [5.74, 6) is 1.50. The monoisotopic (exact) mass is 875 g/mol. The fraction of sp³-hybridized carbons (Fsp3) is 0.255. The Labute approximate surface area is 326 Å². The van der Waals surface area contributed by atoms with E-state index in [0.717, 1.165) is 61.3 Å². The minimum atomic E-state index is -0.0905. The summed E-state index contributed by atoms with van der Waals surface area (Å²) in [4.78, 5) is 14.4. The third-order valence-electron chi connectivity index (χ3n) is 9.59. The molecule has 8 aromatic rings. The Bertz CT molecular complexity index is 2450. The molecule has 0 saturated carbocycles. The van der Waals surface area contributed by atoms with Crippen LogP contribution in [0.2, 0.25) is 0 Å². The fourth-order valence-electron chi connectivity index (χ4n) is 6.70. The van der Waals surface area contributed by atoms with E-state index in [0.29, 0.717) is 11.8 Å². The predicted octanol–water partition coefficient (Wildman–Crippen LogP) is 12.5. The molecule has 4 aromatic heterocycles. The average Bonchev–Trinajstić information content (AvgIpc) is 3.70. The van der Waals surface area contributed by atoms with E-state index in [1.807, 2.05) is 55.7 Å². The van der Waals surface area contributed by atoms with Crippen LogP contribution in [-0.4, -0.2) is 19.5 Å². The Morgan fingerprint density at radius 1 is 0.736 bits per heavy atom. The zero-order chi connectivity index (χ0) is 36.7. The number of fused-ring (bicyclic) bond motifs is 4. The smallest absolute Gasteiger partial charge is 0.120 e. The Morgan fingerprint density at radius 3 is 2.09 bits per heavy atom. The molecule has 271 valence electrons. The van der Waals surface area contributed by atoms with Crippen molar-refractivity contribution in [1.82, 2.24) is 19.5 Å². The largest absolute Gasteiger partial charge is 0.501 e. The SMILES string of the molecule is CC(C)c1cccc(C(C)C)c1-n1c(-c2[c-]ccc3c2oc2ccccc23)nc2cnc(C(C)(C)C)cc21.Cc1c[c-]c(-c2ccc(C)cn2)cc1.[Ir]. The quantitative estimate of drug-likeness (QED) is 0.162. The van der Waals surface area contributed by atoms with Crippen LogP contribution in [-0.2, 0) is 25.5 Å². The number of pyridine rings is 2. The van der Waals surface area contributed by atoms with Crippen LogP contribution in [0.25, 0.3) is 61.3 Å². The van der Waals surface area contributed by atoms with Crippen LogP contribution in [0.3, 0.4) is 0 Å². The van der Waals surface area contributed by atoms with Gasteiger partial charge in [-0.05, 0) is 53.3 Å². The summed E-state index contributed by atoms with van der Waals surface area (Å²) < 4.78 is 8.80. The third-order valence-corrected chi connectivity index (χ3v) is 9.59. The third kappa shape index (κ3) is 7.49. The van der Waals surface area contributed by atoms with Gasteiger partial charge in [-0.25, -0.2) is 0 Å². The first kappa shape index (κ1) is 37.8. The maximum absolute atomic E-state index is 6.46. The molecule has 0 aliphatic rings. The van der Waals surface area contributed by atoms with Gasteiger partial charge in [-0.1, -0.05) is 115 Å². The Balaban J connectivity index is 0.000000269. The zero-order valence-electron chi connectivity index (χ0n) is 32.0. The van der Waals surface area contributed by atoms with Gasteiger partial charge in [-0.15, -0.1) is 53.6 Å². The van der Waals surface area contributed by atoms with Gasteiger partial charge in [0.2, 0.25) is 0 Å². The van der Waals surface area contributed by atoms with Crippen molar-refractivity contribution in [3.8, 4) is 28.3 Å². The van der Waals surface area contributed by atoms with Crippen molar-refractivity contribution in [1.29, 1.82) is 0 Å². The summed E-state index contributed by atoms with van der Waals surface area (Å²) >= 11 is 0. The second-order valence-corrected chi connectivity index (χ2v) is 15.4. The number of benzene rings is 4. The molecule has 5 nitrogen and oxygen atoms in total. The molecule has 4 aromatic carbocycles. The van der Waals surface area contributed by atoms with Crippen molar-refractivity contribution in [3.05, 3.63) is 143 Å². The molecule has 0 fully saturated rings. The van der Waals surface area contributed by atoms with E-state index >= 15 is 0 Å². The van der Waals surface area contributed by atoms with E-state index in [9.17, 15) is 0 Å². The van der Waals surface area contributed by atoms with Crippen molar-refractivity contribution < 1.29 is 24.5 Å². The summed E-state index contributed by atoms with van der Waals surface area (Å²) in [7, 11) is 0. The zero-order valence-corrected chi connectivity index (χ0v) is 34.4. The number of hydrogen-bond donors (Lipinski definition) is 0. The molecule has 0 bridgehead atoms. The second kappa shape index (κ2) is 15.2. The number of rotatable bonds is 5. The number of hydrogen-bond acceptors (Lipinski definition) is 4. The van der Waals surface area contributed by atoms with E-state index in [2.05, 4.69) is 132 Å². The number of furan rings is 1. The standard InChI is InChI=1S/C34H34N3O.C13H12N.Ir/c1-20(2)22-13-10-14-23(21(3)4)31(22)37-28-18-30(34(5,6)7)35-19-27(28)36-33(37)26-16-11-15-25-24-12-8-9-17-29(24)38-32(25)26;1-10-3-6-12(7-4-10)13-8-5-11(2)9-14-13;/h8-15,17-21H,1-7H3;3-6,8-9H,1-2H3;/q2*-1;. The molecule has 0 spiro atoms. The van der Waals surface area contributed by atoms with Crippen LogP contribution in [0.5, 0.6) is 0 Å². The summed E-state index contributed by atoms with van der Waals surface area (Å²) in [5, 5.41) is 2.17. The van der Waals surface area contributed by atoms with Gasteiger partial charge in [0.1, 0.15) is 5.58 Å². The molecule has 0 aliphatic heterocycles. The Kier molecular flexibility index (Phi) is 10.9. The number of para-hydroxylation sites is 2. The topological polar surface area (TPSA) is 56.7 Å². The number of aromatic nitrogens is 4. The molecule has 0 saturated heterocycles. The molecule has 0 atom stereocenters. The van der Waals surface area contributed by atoms with Crippen LogP contribution in [0.4, 0.5) is 0 Å². The van der Waals surface area contributed by atoms with Gasteiger partial charge in [0.05, 0.1) is 28.6 Å². The number of imidazole rings is 1. The summed E-state index contributed by atoms with van der Waals surface area (Å²) in [6.07, 6.45) is 3.80. The molecule has 6 heteroatoms. The van der Waals surface area contributed by atoms with E-state index < -0.39 is 0 Å². The van der Waals surface area contributed by atoms with Gasteiger partial charge in [0, 0.05) is 48.5 Å². The van der Waals surface area contributed by atoms with Crippen LogP contribution < -0.4 is 0 Å². The Morgan fingerprint density at radius 2 is 1.45 bits per heavy atom. The van der Waals surface area contributed by atoms with Crippen molar-refractivity contribution in [3.63, 3.8) is 0 Å². The van der Waals surface area contributed by atoms with Gasteiger partial charge < -0.3 is 14.0 Å². The number of nitrogens with zero attached hydrogens (tertiary/aromatic N) is 4. The maximum Gasteiger partial charge on any atom is 0.120 e. The van der Waals surface area contributed by atoms with Crippen LogP contribution >= 0.6 is 0 Å². The predicted molar refractivity (Wildman–Crippen MR) is 215 cm³/mol. The van der Waals surface area contributed by atoms with Crippen LogP contribution in [0, 0.1) is 26.0 Å². The van der Waals surface area contributed by atoms with Crippen molar-refractivity contribution in [2.45, 2.75) is 79.6 Å². The molecular formula is C47H46IrN4O-2. The molecule has 0 N–H and O–H groups in total. The van der Waals surface area contributed by atoms with Crippen molar-refractivity contribution in [2.75, 3.05) is 0 Å². The van der Waals surface area contributed by atoms with Crippen LogP contribution in [0.15, 0.2) is 108 Å². The molecule has 0 aliphatic carbocycles. The van der Waals surface area contributed by atoms with E-state index in [4.69, 9.17) is 14.4 Å². The van der Waals surface area contributed by atoms with Gasteiger partial charge in [-0.3, -0.25) is 9.97 Å². The van der Waals surface area contributed by atoms with E-state index in [1.54, 1.807) is 0 Å². The first-order chi connectivity index (χ1) is 24.9. The summed E-state index contributed by atoms with van der Waals surface area (Å²) in [5.41, 5.74) is 13.6. The Hall–Kier alpha value is -4.90. The molecule has 53 heavy (non-hydrogen) atoms. The second-order valence-electron chi connectivity index (χ2n) is 15.4. The molecule has 8 rings (SSSR count). The minimum absolute atomic E-state index is 0. The molecule has 0 unspecified atom stereocenters. The first-order valence-corrected chi connectivity index (χ1v) is 18.2. The summed E-state index contributed by atoms with van der Waals surface area (Å²) in [6, 6.07) is 38.1. The van der Waals surface area contributed by atoms with E-state index in [1.165, 1.54) is 27.9 Å². The van der Waals surface area contributed by atoms with Crippen LogP contribution in [0.1, 0.15) is 88.2 Å². The molecule has 4 heterocycles. The molecule has 0 amide bonds.